The van der Waals surface area contributed by atoms with Crippen molar-refractivity contribution in [3.63, 3.8) is 0 Å². The lowest BCUT2D eigenvalue weighted by Gasteiger charge is -2.11. The minimum Gasteiger partial charge on any atom is -0.453 e. The smallest absolute Gasteiger partial charge is 0.252 e. The maximum Gasteiger partial charge on any atom is 0.252 e. The molecule has 5 heteroatoms. The standard InChI is InChI=1S/C14H13FN2O2/c1-8-3-2-4-11(13(8)15)19-12-7-9(16)5-6-10(12)14(17)18/h2-7H,16H2,1H3,(H2,17,18). The predicted octanol–water partition coefficient (Wildman–Crippen LogP) is 2.61. The first kappa shape index (κ1) is 12.9. The summed E-state index contributed by atoms with van der Waals surface area (Å²) in [6.45, 7) is 1.62. The number of rotatable bonds is 3. The molecule has 0 aromatic heterocycles. The van der Waals surface area contributed by atoms with E-state index in [2.05, 4.69) is 0 Å². The SMILES string of the molecule is Cc1cccc(Oc2cc(N)ccc2C(N)=O)c1F. The zero-order valence-electron chi connectivity index (χ0n) is 10.3. The molecule has 0 saturated carbocycles. The van der Waals surface area contributed by atoms with E-state index >= 15 is 0 Å². The number of primary amides is 1. The van der Waals surface area contributed by atoms with E-state index in [-0.39, 0.29) is 17.1 Å². The zero-order chi connectivity index (χ0) is 14.0. The first-order valence-corrected chi connectivity index (χ1v) is 5.61. The summed E-state index contributed by atoms with van der Waals surface area (Å²) in [7, 11) is 0. The van der Waals surface area contributed by atoms with Crippen molar-refractivity contribution in [1.82, 2.24) is 0 Å². The Balaban J connectivity index is 2.45. The number of carbonyl (C=O) groups excluding carboxylic acids is 1. The minimum absolute atomic E-state index is 0.0214. The summed E-state index contributed by atoms with van der Waals surface area (Å²) in [5, 5.41) is 0. The fourth-order valence-corrected chi connectivity index (χ4v) is 1.64. The van der Waals surface area contributed by atoms with Crippen LogP contribution in [0.5, 0.6) is 11.5 Å². The highest BCUT2D eigenvalue weighted by molar-refractivity contribution is 5.96. The normalized spacial score (nSPS) is 10.2. The van der Waals surface area contributed by atoms with Gasteiger partial charge in [0.25, 0.3) is 5.91 Å². The van der Waals surface area contributed by atoms with E-state index < -0.39 is 11.7 Å². The molecule has 2 rings (SSSR count). The van der Waals surface area contributed by atoms with Gasteiger partial charge in [0.1, 0.15) is 5.75 Å². The van der Waals surface area contributed by atoms with Gasteiger partial charge in [-0.25, -0.2) is 4.39 Å². The van der Waals surface area contributed by atoms with E-state index in [1.165, 1.54) is 24.3 Å². The van der Waals surface area contributed by atoms with Crippen LogP contribution in [0.25, 0.3) is 0 Å². The number of halogens is 1. The van der Waals surface area contributed by atoms with Crippen molar-refractivity contribution in [1.29, 1.82) is 0 Å². The number of aryl methyl sites for hydroxylation is 1. The van der Waals surface area contributed by atoms with Gasteiger partial charge in [-0.05, 0) is 30.7 Å². The first-order chi connectivity index (χ1) is 8.99. The number of carbonyl (C=O) groups is 1. The lowest BCUT2D eigenvalue weighted by Crippen LogP contribution is -2.12. The molecule has 0 heterocycles. The van der Waals surface area contributed by atoms with E-state index in [1.807, 2.05) is 0 Å². The number of nitrogen functional groups attached to an aromatic ring is 1. The molecule has 0 atom stereocenters. The number of anilines is 1. The van der Waals surface area contributed by atoms with Gasteiger partial charge in [0.15, 0.2) is 11.6 Å². The van der Waals surface area contributed by atoms with Crippen molar-refractivity contribution in [3.05, 3.63) is 53.3 Å². The van der Waals surface area contributed by atoms with Crippen molar-refractivity contribution in [2.45, 2.75) is 6.92 Å². The third-order valence-corrected chi connectivity index (χ3v) is 2.65. The molecular weight excluding hydrogens is 247 g/mol. The van der Waals surface area contributed by atoms with Gasteiger partial charge in [-0.1, -0.05) is 12.1 Å². The van der Waals surface area contributed by atoms with Crippen LogP contribution in [0.4, 0.5) is 10.1 Å². The molecule has 98 valence electrons. The zero-order valence-corrected chi connectivity index (χ0v) is 10.3. The molecule has 0 aliphatic heterocycles. The highest BCUT2D eigenvalue weighted by atomic mass is 19.1. The molecule has 0 aliphatic rings. The molecule has 1 amide bonds. The Kier molecular flexibility index (Phi) is 3.37. The van der Waals surface area contributed by atoms with Crippen molar-refractivity contribution < 1.29 is 13.9 Å². The van der Waals surface area contributed by atoms with Gasteiger partial charge in [-0.2, -0.15) is 0 Å². The quantitative estimate of drug-likeness (QED) is 0.832. The summed E-state index contributed by atoms with van der Waals surface area (Å²) in [6.07, 6.45) is 0. The van der Waals surface area contributed by atoms with E-state index in [0.717, 1.165) is 0 Å². The van der Waals surface area contributed by atoms with Crippen LogP contribution in [0.1, 0.15) is 15.9 Å². The van der Waals surface area contributed by atoms with Gasteiger partial charge < -0.3 is 16.2 Å². The molecule has 0 spiro atoms. The van der Waals surface area contributed by atoms with Crippen LogP contribution >= 0.6 is 0 Å². The van der Waals surface area contributed by atoms with Gasteiger partial charge >= 0.3 is 0 Å². The number of hydrogen-bond acceptors (Lipinski definition) is 3. The van der Waals surface area contributed by atoms with Crippen LogP contribution in [-0.4, -0.2) is 5.91 Å². The monoisotopic (exact) mass is 260 g/mol. The van der Waals surface area contributed by atoms with Crippen LogP contribution in [0.3, 0.4) is 0 Å². The van der Waals surface area contributed by atoms with Gasteiger partial charge in [-0.15, -0.1) is 0 Å². The van der Waals surface area contributed by atoms with Crippen LogP contribution in [0.2, 0.25) is 0 Å². The Hall–Kier alpha value is -2.56. The number of benzene rings is 2. The molecule has 4 nitrogen and oxygen atoms in total. The third-order valence-electron chi connectivity index (χ3n) is 2.65. The van der Waals surface area contributed by atoms with E-state index in [1.54, 1.807) is 19.1 Å². The van der Waals surface area contributed by atoms with Gasteiger partial charge in [0.2, 0.25) is 0 Å². The molecule has 2 aromatic rings. The first-order valence-electron chi connectivity index (χ1n) is 5.61. The number of amides is 1. The van der Waals surface area contributed by atoms with E-state index in [0.29, 0.717) is 11.3 Å². The van der Waals surface area contributed by atoms with E-state index in [9.17, 15) is 9.18 Å². The summed E-state index contributed by atoms with van der Waals surface area (Å²) in [4.78, 5) is 11.3. The minimum atomic E-state index is -0.664. The molecule has 2 aromatic carbocycles. The van der Waals surface area contributed by atoms with Crippen LogP contribution in [0, 0.1) is 12.7 Å². The van der Waals surface area contributed by atoms with Crippen molar-refractivity contribution in [2.24, 2.45) is 5.73 Å². The van der Waals surface area contributed by atoms with Gasteiger partial charge in [-0.3, -0.25) is 4.79 Å². The van der Waals surface area contributed by atoms with Crippen molar-refractivity contribution >= 4 is 11.6 Å². The van der Waals surface area contributed by atoms with Gasteiger partial charge in [0, 0.05) is 11.8 Å². The molecule has 0 unspecified atom stereocenters. The highest BCUT2D eigenvalue weighted by Gasteiger charge is 2.13. The van der Waals surface area contributed by atoms with Crippen LogP contribution in [-0.2, 0) is 0 Å². The Bertz CT molecular complexity index is 641. The molecular formula is C14H13FN2O2. The highest BCUT2D eigenvalue weighted by Crippen LogP contribution is 2.30. The average Bonchev–Trinajstić information content (AvgIpc) is 2.35. The second kappa shape index (κ2) is 4.97. The lowest BCUT2D eigenvalue weighted by atomic mass is 10.1. The Morgan fingerprint density at radius 2 is 1.95 bits per heavy atom. The van der Waals surface area contributed by atoms with Crippen LogP contribution in [0.15, 0.2) is 36.4 Å². The second-order valence-corrected chi connectivity index (χ2v) is 4.11. The predicted molar refractivity (Wildman–Crippen MR) is 70.6 cm³/mol. The number of nitrogens with two attached hydrogens (primary N) is 2. The number of ether oxygens (including phenoxy) is 1. The fourth-order valence-electron chi connectivity index (χ4n) is 1.64. The summed E-state index contributed by atoms with van der Waals surface area (Å²) in [5.41, 5.74) is 11.8. The summed E-state index contributed by atoms with van der Waals surface area (Å²) in [6, 6.07) is 9.15. The Morgan fingerprint density at radius 3 is 2.63 bits per heavy atom. The molecule has 0 radical (unpaired) electrons. The summed E-state index contributed by atoms with van der Waals surface area (Å²) >= 11 is 0. The molecule has 0 fully saturated rings. The van der Waals surface area contributed by atoms with Crippen molar-refractivity contribution in [3.8, 4) is 11.5 Å². The molecule has 19 heavy (non-hydrogen) atoms. The molecule has 0 bridgehead atoms. The third kappa shape index (κ3) is 2.65. The molecule has 0 aliphatic carbocycles. The average molecular weight is 260 g/mol. The Labute approximate surface area is 109 Å². The molecule has 4 N–H and O–H groups in total. The lowest BCUT2D eigenvalue weighted by molar-refractivity contribution is 0.0998. The Morgan fingerprint density at radius 1 is 1.21 bits per heavy atom. The van der Waals surface area contributed by atoms with Crippen LogP contribution < -0.4 is 16.2 Å². The maximum atomic E-state index is 13.8. The fraction of sp³-hybridized carbons (Fsp3) is 0.0714. The largest absolute Gasteiger partial charge is 0.453 e. The topological polar surface area (TPSA) is 78.3 Å². The van der Waals surface area contributed by atoms with E-state index in [4.69, 9.17) is 16.2 Å². The summed E-state index contributed by atoms with van der Waals surface area (Å²) < 4.78 is 19.3. The summed E-state index contributed by atoms with van der Waals surface area (Å²) in [5.74, 6) is -0.992. The van der Waals surface area contributed by atoms with Crippen molar-refractivity contribution in [2.75, 3.05) is 5.73 Å². The second-order valence-electron chi connectivity index (χ2n) is 4.11. The molecule has 0 saturated heterocycles. The van der Waals surface area contributed by atoms with Gasteiger partial charge in [0.05, 0.1) is 5.56 Å². The maximum absolute atomic E-state index is 13.8. The number of hydrogen-bond donors (Lipinski definition) is 2.